The minimum Gasteiger partial charge on any atom is -0.325 e. The fourth-order valence-electron chi connectivity index (χ4n) is 2.99. The number of carbonyl (C=O) groups excluding carboxylic acids is 1. The number of nitrogens with one attached hydrogen (secondary N) is 2. The van der Waals surface area contributed by atoms with Gasteiger partial charge in [-0.1, -0.05) is 24.3 Å². The van der Waals surface area contributed by atoms with Gasteiger partial charge in [-0.05, 0) is 61.3 Å². The Balaban J connectivity index is 0.00000225. The van der Waals surface area contributed by atoms with Crippen LogP contribution in [0.25, 0.3) is 11.1 Å². The fourth-order valence-corrected chi connectivity index (χ4v) is 2.99. The van der Waals surface area contributed by atoms with Crippen LogP contribution < -0.4 is 10.6 Å². The molecule has 4 nitrogen and oxygen atoms in total. The van der Waals surface area contributed by atoms with Gasteiger partial charge in [0.1, 0.15) is 5.82 Å². The van der Waals surface area contributed by atoms with Crippen LogP contribution in [0.1, 0.15) is 12.8 Å². The van der Waals surface area contributed by atoms with Crippen LogP contribution in [-0.2, 0) is 0 Å². The Kier molecular flexibility index (Phi) is 6.79. The highest BCUT2D eigenvalue weighted by Gasteiger charge is 2.21. The molecule has 2 amide bonds. The zero-order valence-corrected chi connectivity index (χ0v) is 15.0. The number of rotatable bonds is 3. The van der Waals surface area contributed by atoms with Crippen LogP contribution >= 0.6 is 12.4 Å². The lowest BCUT2D eigenvalue weighted by Crippen LogP contribution is -2.45. The number of hydrogen-bond acceptors (Lipinski definition) is 2. The zero-order valence-electron chi connectivity index (χ0n) is 14.2. The molecule has 0 aliphatic carbocycles. The fraction of sp³-hybridized carbons (Fsp3) is 0.316. The predicted octanol–water partition coefficient (Wildman–Crippen LogP) is 4.13. The van der Waals surface area contributed by atoms with Crippen molar-refractivity contribution in [3.63, 3.8) is 0 Å². The number of benzene rings is 2. The third-order valence-electron chi connectivity index (χ3n) is 4.47. The van der Waals surface area contributed by atoms with Crippen LogP contribution in [-0.4, -0.2) is 37.1 Å². The molecule has 0 saturated carbocycles. The summed E-state index contributed by atoms with van der Waals surface area (Å²) in [5, 5.41) is 6.22. The number of anilines is 1. The van der Waals surface area contributed by atoms with Crippen LogP contribution in [0, 0.1) is 5.82 Å². The maximum Gasteiger partial charge on any atom is 0.321 e. The Morgan fingerprint density at radius 1 is 1.12 bits per heavy atom. The molecule has 0 bridgehead atoms. The summed E-state index contributed by atoms with van der Waals surface area (Å²) in [7, 11) is 1.84. The molecule has 2 N–H and O–H groups in total. The van der Waals surface area contributed by atoms with Crippen molar-refractivity contribution >= 4 is 24.1 Å². The number of carbonyl (C=O) groups is 1. The van der Waals surface area contributed by atoms with Crippen LogP contribution in [0.3, 0.4) is 0 Å². The SMILES string of the molecule is CN(C(=O)Nc1ccc(-c2cccc(F)c2)cc1)C1CCNCC1.Cl. The van der Waals surface area contributed by atoms with Gasteiger partial charge >= 0.3 is 6.03 Å². The highest BCUT2D eigenvalue weighted by Crippen LogP contribution is 2.22. The third-order valence-corrected chi connectivity index (χ3v) is 4.47. The second kappa shape index (κ2) is 8.83. The van der Waals surface area contributed by atoms with Crippen LogP contribution in [0.15, 0.2) is 48.5 Å². The first kappa shape index (κ1) is 19.2. The summed E-state index contributed by atoms with van der Waals surface area (Å²) in [6, 6.07) is 14.1. The standard InChI is InChI=1S/C19H22FN3O.ClH/c1-23(18-9-11-21-12-10-18)19(24)22-17-7-5-14(6-8-17)15-3-2-4-16(20)13-15;/h2-8,13,18,21H,9-12H2,1H3,(H,22,24);1H. The summed E-state index contributed by atoms with van der Waals surface area (Å²) in [6.07, 6.45) is 1.95. The topological polar surface area (TPSA) is 44.4 Å². The summed E-state index contributed by atoms with van der Waals surface area (Å²) in [5.74, 6) is -0.256. The second-order valence-corrected chi connectivity index (χ2v) is 6.11. The van der Waals surface area contributed by atoms with Gasteiger partial charge in [-0.15, -0.1) is 12.4 Å². The molecule has 1 aliphatic rings. The van der Waals surface area contributed by atoms with Gasteiger partial charge in [0, 0.05) is 18.8 Å². The molecule has 0 atom stereocenters. The highest BCUT2D eigenvalue weighted by molar-refractivity contribution is 5.89. The number of amides is 2. The van der Waals surface area contributed by atoms with Crippen molar-refractivity contribution in [1.82, 2.24) is 10.2 Å². The maximum absolute atomic E-state index is 13.3. The van der Waals surface area contributed by atoms with Crippen LogP contribution in [0.2, 0.25) is 0 Å². The smallest absolute Gasteiger partial charge is 0.321 e. The third kappa shape index (κ3) is 4.94. The number of hydrogen-bond donors (Lipinski definition) is 2. The summed E-state index contributed by atoms with van der Waals surface area (Å²) in [4.78, 5) is 14.1. The summed E-state index contributed by atoms with van der Waals surface area (Å²) in [6.45, 7) is 1.90. The van der Waals surface area contributed by atoms with Gasteiger partial charge in [-0.2, -0.15) is 0 Å². The van der Waals surface area contributed by atoms with E-state index in [0.29, 0.717) is 0 Å². The molecule has 1 aliphatic heterocycles. The zero-order chi connectivity index (χ0) is 16.9. The van der Waals surface area contributed by atoms with Gasteiger partial charge in [0.05, 0.1) is 0 Å². The number of nitrogens with zero attached hydrogens (tertiary/aromatic N) is 1. The molecule has 6 heteroatoms. The van der Waals surface area contributed by atoms with E-state index < -0.39 is 0 Å². The number of piperidine rings is 1. The first-order chi connectivity index (χ1) is 11.6. The molecule has 0 spiro atoms. The molecule has 1 saturated heterocycles. The Labute approximate surface area is 153 Å². The van der Waals surface area contributed by atoms with E-state index in [1.807, 2.05) is 37.4 Å². The van der Waals surface area contributed by atoms with Gasteiger partial charge in [-0.3, -0.25) is 0 Å². The molecule has 0 aromatic heterocycles. The molecule has 2 aromatic carbocycles. The largest absolute Gasteiger partial charge is 0.325 e. The van der Waals surface area contributed by atoms with E-state index in [9.17, 15) is 9.18 Å². The van der Waals surface area contributed by atoms with E-state index in [0.717, 1.165) is 42.7 Å². The van der Waals surface area contributed by atoms with Gasteiger partial charge in [0.15, 0.2) is 0 Å². The van der Waals surface area contributed by atoms with Gasteiger partial charge in [0.2, 0.25) is 0 Å². The molecule has 1 fully saturated rings. The highest BCUT2D eigenvalue weighted by atomic mass is 35.5. The average molecular weight is 364 g/mol. The monoisotopic (exact) mass is 363 g/mol. The van der Waals surface area contributed by atoms with Crippen molar-refractivity contribution in [3.05, 3.63) is 54.3 Å². The molecule has 2 aromatic rings. The van der Waals surface area contributed by atoms with E-state index in [-0.39, 0.29) is 30.3 Å². The minimum absolute atomic E-state index is 0. The quantitative estimate of drug-likeness (QED) is 0.861. The minimum atomic E-state index is -0.256. The molecule has 1 heterocycles. The van der Waals surface area contributed by atoms with Crippen molar-refractivity contribution in [2.75, 3.05) is 25.5 Å². The Hall–Kier alpha value is -2.11. The lowest BCUT2D eigenvalue weighted by Gasteiger charge is -2.31. The summed E-state index contributed by atoms with van der Waals surface area (Å²) in [5.41, 5.74) is 2.47. The molecule has 3 rings (SSSR count). The molecular weight excluding hydrogens is 341 g/mol. The van der Waals surface area contributed by atoms with E-state index in [1.54, 1.807) is 11.0 Å². The van der Waals surface area contributed by atoms with Crippen LogP contribution in [0.4, 0.5) is 14.9 Å². The number of urea groups is 1. The normalized spacial score (nSPS) is 14.5. The maximum atomic E-state index is 13.3. The van der Waals surface area contributed by atoms with Crippen molar-refractivity contribution in [2.24, 2.45) is 0 Å². The lowest BCUT2D eigenvalue weighted by molar-refractivity contribution is 0.189. The number of halogens is 2. The Bertz CT molecular complexity index is 702. The van der Waals surface area contributed by atoms with E-state index in [1.165, 1.54) is 12.1 Å². The van der Waals surface area contributed by atoms with Gasteiger partial charge in [-0.25, -0.2) is 9.18 Å². The second-order valence-electron chi connectivity index (χ2n) is 6.11. The first-order valence-electron chi connectivity index (χ1n) is 8.24. The van der Waals surface area contributed by atoms with Crippen molar-refractivity contribution in [1.29, 1.82) is 0 Å². The first-order valence-corrected chi connectivity index (χ1v) is 8.24. The Morgan fingerprint density at radius 3 is 2.44 bits per heavy atom. The van der Waals surface area contributed by atoms with E-state index in [2.05, 4.69) is 10.6 Å². The molecule has 134 valence electrons. The lowest BCUT2D eigenvalue weighted by atomic mass is 10.1. The predicted molar refractivity (Wildman–Crippen MR) is 102 cm³/mol. The van der Waals surface area contributed by atoms with Crippen molar-refractivity contribution in [3.8, 4) is 11.1 Å². The molecular formula is C19H23ClFN3O. The van der Waals surface area contributed by atoms with E-state index >= 15 is 0 Å². The molecule has 25 heavy (non-hydrogen) atoms. The average Bonchev–Trinajstić information content (AvgIpc) is 2.62. The summed E-state index contributed by atoms with van der Waals surface area (Å²) < 4.78 is 13.3. The van der Waals surface area contributed by atoms with E-state index in [4.69, 9.17) is 0 Å². The van der Waals surface area contributed by atoms with Crippen molar-refractivity contribution in [2.45, 2.75) is 18.9 Å². The van der Waals surface area contributed by atoms with Crippen LogP contribution in [0.5, 0.6) is 0 Å². The van der Waals surface area contributed by atoms with Gasteiger partial charge < -0.3 is 15.5 Å². The van der Waals surface area contributed by atoms with Crippen molar-refractivity contribution < 1.29 is 9.18 Å². The molecule has 0 radical (unpaired) electrons. The summed E-state index contributed by atoms with van der Waals surface area (Å²) >= 11 is 0. The molecule has 0 unspecified atom stereocenters. The Morgan fingerprint density at radius 2 is 1.80 bits per heavy atom. The van der Waals surface area contributed by atoms with Gasteiger partial charge in [0.25, 0.3) is 0 Å².